The van der Waals surface area contributed by atoms with Gasteiger partial charge in [-0.25, -0.2) is 0 Å². The summed E-state index contributed by atoms with van der Waals surface area (Å²) in [5.74, 6) is 0. The summed E-state index contributed by atoms with van der Waals surface area (Å²) in [6.45, 7) is 0. The molecule has 18 heavy (non-hydrogen) atoms. The third-order valence-electron chi connectivity index (χ3n) is 2.61. The van der Waals surface area contributed by atoms with Crippen molar-refractivity contribution in [1.82, 2.24) is 0 Å². The Labute approximate surface area is 129 Å². The van der Waals surface area contributed by atoms with E-state index in [-0.39, 0.29) is 14.9 Å². The number of hydrogen-bond donors (Lipinski definition) is 0. The summed E-state index contributed by atoms with van der Waals surface area (Å²) in [6, 6.07) is 0. The molecular weight excluding hydrogens is 329 g/mol. The molecule has 1 saturated carbocycles. The van der Waals surface area contributed by atoms with Crippen LogP contribution in [0, 0.1) is 14.9 Å². The second kappa shape index (κ2) is 22.4. The second-order valence-electron chi connectivity index (χ2n) is 3.97. The SMILES string of the molecule is C1=CCC/C=C\CCC=1.C1CCCC1.[CH3-].[CH3-].[Cl][Ru+2]. The minimum atomic E-state index is 0. The Morgan fingerprint density at radius 2 is 1.00 bits per heavy atom. The van der Waals surface area contributed by atoms with Gasteiger partial charge in [-0.05, 0) is 37.8 Å². The third kappa shape index (κ3) is 18.5. The van der Waals surface area contributed by atoms with Crippen LogP contribution in [0.1, 0.15) is 57.8 Å². The van der Waals surface area contributed by atoms with E-state index in [9.17, 15) is 0 Å². The van der Waals surface area contributed by atoms with Gasteiger partial charge in [0.2, 0.25) is 0 Å². The minimum absolute atomic E-state index is 0. The van der Waals surface area contributed by atoms with Gasteiger partial charge < -0.3 is 14.9 Å². The van der Waals surface area contributed by atoms with E-state index in [0.717, 1.165) is 12.8 Å². The van der Waals surface area contributed by atoms with Crippen LogP contribution in [0.5, 0.6) is 0 Å². The zero-order chi connectivity index (χ0) is 11.9. The van der Waals surface area contributed by atoms with Crippen molar-refractivity contribution < 1.29 is 17.3 Å². The molecule has 0 saturated heterocycles. The predicted octanol–water partition coefficient (Wildman–Crippen LogP) is 6.37. The number of allylic oxidation sites excluding steroid dienone is 3. The molecule has 0 aromatic rings. The first-order chi connectivity index (χ1) is 8.00. The van der Waals surface area contributed by atoms with Gasteiger partial charge in [-0.15, -0.1) is 5.73 Å². The average Bonchev–Trinajstić information content (AvgIpc) is 2.95. The molecule has 0 N–H and O–H groups in total. The summed E-state index contributed by atoms with van der Waals surface area (Å²) in [7, 11) is 4.57. The summed E-state index contributed by atoms with van der Waals surface area (Å²) >= 11 is 1.82. The molecule has 2 aliphatic rings. The molecular formula is C16H28ClRu. The van der Waals surface area contributed by atoms with Crippen LogP contribution < -0.4 is 0 Å². The molecule has 0 radical (unpaired) electrons. The van der Waals surface area contributed by atoms with E-state index in [1.54, 1.807) is 0 Å². The fraction of sp³-hybridized carbons (Fsp3) is 0.562. The van der Waals surface area contributed by atoms with Gasteiger partial charge in [0.05, 0.1) is 0 Å². The maximum atomic E-state index is 4.57. The van der Waals surface area contributed by atoms with E-state index in [0.29, 0.717) is 0 Å². The fourth-order valence-electron chi connectivity index (χ4n) is 1.73. The third-order valence-corrected chi connectivity index (χ3v) is 2.61. The molecule has 0 aromatic carbocycles. The molecule has 0 bridgehead atoms. The first-order valence-corrected chi connectivity index (χ1v) is 8.42. The van der Waals surface area contributed by atoms with E-state index in [2.05, 4.69) is 39.7 Å². The van der Waals surface area contributed by atoms with Gasteiger partial charge in [0.25, 0.3) is 0 Å². The molecule has 0 spiro atoms. The van der Waals surface area contributed by atoms with Crippen molar-refractivity contribution in [2.45, 2.75) is 57.8 Å². The Hall–Kier alpha value is 0.173. The van der Waals surface area contributed by atoms with Crippen LogP contribution in [0.3, 0.4) is 0 Å². The van der Waals surface area contributed by atoms with Gasteiger partial charge in [-0.2, -0.15) is 0 Å². The summed E-state index contributed by atoms with van der Waals surface area (Å²) in [4.78, 5) is 0. The summed E-state index contributed by atoms with van der Waals surface area (Å²) in [5.41, 5.74) is 3.14. The number of rotatable bonds is 0. The molecule has 0 atom stereocenters. The second-order valence-corrected chi connectivity index (χ2v) is 3.97. The molecule has 0 heterocycles. The summed E-state index contributed by atoms with van der Waals surface area (Å²) < 4.78 is 0. The molecule has 2 aliphatic carbocycles. The van der Waals surface area contributed by atoms with E-state index in [4.69, 9.17) is 0 Å². The Morgan fingerprint density at radius 1 is 0.667 bits per heavy atom. The Morgan fingerprint density at radius 3 is 1.33 bits per heavy atom. The zero-order valence-corrected chi connectivity index (χ0v) is 14.4. The monoisotopic (exact) mass is 357 g/mol. The predicted molar refractivity (Wildman–Crippen MR) is 82.0 cm³/mol. The van der Waals surface area contributed by atoms with Crippen LogP contribution in [0.15, 0.2) is 30.0 Å². The molecule has 0 aromatic heterocycles. The number of hydrogen-bond acceptors (Lipinski definition) is 0. The molecule has 107 valence electrons. The van der Waals surface area contributed by atoms with Crippen molar-refractivity contribution in [2.75, 3.05) is 0 Å². The molecule has 0 aliphatic heterocycles. The quantitative estimate of drug-likeness (QED) is 0.205. The van der Waals surface area contributed by atoms with Crippen LogP contribution in [-0.2, 0) is 17.3 Å². The van der Waals surface area contributed by atoms with Crippen molar-refractivity contribution in [3.05, 3.63) is 44.9 Å². The zero-order valence-electron chi connectivity index (χ0n) is 11.9. The Kier molecular flexibility index (Phi) is 28.9. The van der Waals surface area contributed by atoms with Crippen molar-refractivity contribution in [2.24, 2.45) is 0 Å². The molecule has 0 amide bonds. The number of halogens is 1. The standard InChI is InChI=1S/C9H12.C5H10.2CH3.ClH.Ru/c1-2-4-6-8-9-7-5-3-1;1-2-4-5-3-1;;;;/h1-2,7-8H,3-6H2;1-5H2;2*1H3;1H;/q;;2*-1;;+3/p-1/b2-1-;;;;;. The normalized spacial score (nSPS) is 18.1. The van der Waals surface area contributed by atoms with Gasteiger partial charge in [-0.3, -0.25) is 0 Å². The Balaban J connectivity index is -0.000000217. The van der Waals surface area contributed by atoms with Gasteiger partial charge >= 0.3 is 27.0 Å². The van der Waals surface area contributed by atoms with Crippen LogP contribution in [0.4, 0.5) is 0 Å². The van der Waals surface area contributed by atoms with E-state index in [1.807, 2.05) is 17.3 Å². The van der Waals surface area contributed by atoms with Crippen LogP contribution in [-0.4, -0.2) is 0 Å². The van der Waals surface area contributed by atoms with Gasteiger partial charge in [0.15, 0.2) is 0 Å². The van der Waals surface area contributed by atoms with E-state index >= 15 is 0 Å². The van der Waals surface area contributed by atoms with Crippen LogP contribution >= 0.6 is 9.69 Å². The first-order valence-electron chi connectivity index (χ1n) is 6.18. The average molecular weight is 357 g/mol. The molecule has 2 rings (SSSR count). The van der Waals surface area contributed by atoms with Gasteiger partial charge in [0, 0.05) is 0 Å². The summed E-state index contributed by atoms with van der Waals surface area (Å²) in [5, 5.41) is 0. The molecule has 0 nitrogen and oxygen atoms in total. The van der Waals surface area contributed by atoms with Crippen LogP contribution in [0.2, 0.25) is 0 Å². The fourth-order valence-corrected chi connectivity index (χ4v) is 1.73. The van der Waals surface area contributed by atoms with Gasteiger partial charge in [-0.1, -0.05) is 44.3 Å². The van der Waals surface area contributed by atoms with Crippen LogP contribution in [0.25, 0.3) is 0 Å². The Bertz CT molecular complexity index is 190. The van der Waals surface area contributed by atoms with Crippen molar-refractivity contribution in [3.8, 4) is 0 Å². The van der Waals surface area contributed by atoms with Crippen molar-refractivity contribution in [1.29, 1.82) is 0 Å². The topological polar surface area (TPSA) is 0 Å². The summed E-state index contributed by atoms with van der Waals surface area (Å²) in [6.07, 6.45) is 20.9. The first kappa shape index (κ1) is 23.3. The molecule has 1 fully saturated rings. The van der Waals surface area contributed by atoms with E-state index in [1.165, 1.54) is 44.9 Å². The van der Waals surface area contributed by atoms with Gasteiger partial charge in [0.1, 0.15) is 0 Å². The molecule has 2 heteroatoms. The maximum absolute atomic E-state index is 4.57. The molecule has 0 unspecified atom stereocenters. The van der Waals surface area contributed by atoms with E-state index < -0.39 is 0 Å². The van der Waals surface area contributed by atoms with Crippen molar-refractivity contribution >= 4 is 9.69 Å². The van der Waals surface area contributed by atoms with Crippen molar-refractivity contribution in [3.63, 3.8) is 0 Å².